The van der Waals surface area contributed by atoms with Gasteiger partial charge in [-0.3, -0.25) is 9.69 Å². The molecule has 0 N–H and O–H groups in total. The van der Waals surface area contributed by atoms with Crippen LogP contribution in [0.25, 0.3) is 0 Å². The van der Waals surface area contributed by atoms with Crippen molar-refractivity contribution in [2.45, 2.75) is 31.7 Å². The van der Waals surface area contributed by atoms with Gasteiger partial charge in [-0.05, 0) is 59.5 Å². The van der Waals surface area contributed by atoms with Crippen molar-refractivity contribution < 1.29 is 9.59 Å². The van der Waals surface area contributed by atoms with Gasteiger partial charge in [0.05, 0.1) is 11.5 Å². The van der Waals surface area contributed by atoms with Crippen molar-refractivity contribution in [1.29, 1.82) is 0 Å². The Bertz CT molecular complexity index is 1160. The van der Waals surface area contributed by atoms with Gasteiger partial charge in [-0.25, -0.2) is 9.97 Å². The van der Waals surface area contributed by atoms with Crippen LogP contribution in [0.5, 0.6) is 0 Å². The first kappa shape index (κ1) is 22.7. The number of hydrogen-bond acceptors (Lipinski definition) is 4. The molecule has 164 valence electrons. The fourth-order valence-corrected chi connectivity index (χ4v) is 4.89. The van der Waals surface area contributed by atoms with Gasteiger partial charge in [0.1, 0.15) is 12.1 Å². The summed E-state index contributed by atoms with van der Waals surface area (Å²) >= 11 is 18.5. The highest BCUT2D eigenvalue weighted by Crippen LogP contribution is 2.52. The van der Waals surface area contributed by atoms with Gasteiger partial charge < -0.3 is 4.79 Å². The number of aldehydes is 1. The van der Waals surface area contributed by atoms with E-state index in [2.05, 4.69) is 9.97 Å². The second-order valence-corrected chi connectivity index (χ2v) is 9.36. The lowest BCUT2D eigenvalue weighted by Crippen LogP contribution is -2.52. The number of halogens is 3. The molecule has 8 heteroatoms. The number of hydrogen-bond donors (Lipinski definition) is 0. The first-order valence-corrected chi connectivity index (χ1v) is 11.2. The second-order valence-electron chi connectivity index (χ2n) is 8.15. The number of amides is 1. The van der Waals surface area contributed by atoms with Crippen molar-refractivity contribution in [1.82, 2.24) is 9.97 Å². The van der Waals surface area contributed by atoms with Gasteiger partial charge in [-0.1, -0.05) is 54.4 Å². The van der Waals surface area contributed by atoms with Gasteiger partial charge in [-0.15, -0.1) is 0 Å². The molecule has 0 radical (unpaired) electrons. The summed E-state index contributed by atoms with van der Waals surface area (Å²) in [5.74, 6) is 0.0164. The third kappa shape index (κ3) is 4.38. The van der Waals surface area contributed by atoms with Gasteiger partial charge in [0.2, 0.25) is 11.2 Å². The number of anilines is 1. The van der Waals surface area contributed by atoms with Gasteiger partial charge in [0, 0.05) is 28.6 Å². The zero-order chi connectivity index (χ0) is 22.9. The molecule has 2 aromatic carbocycles. The van der Waals surface area contributed by atoms with Crippen LogP contribution in [0, 0.1) is 5.41 Å². The third-order valence-corrected chi connectivity index (χ3v) is 6.61. The van der Waals surface area contributed by atoms with Crippen molar-refractivity contribution in [2.75, 3.05) is 4.90 Å². The Hall–Kier alpha value is -2.47. The highest BCUT2D eigenvalue weighted by Gasteiger charge is 2.50. The lowest BCUT2D eigenvalue weighted by Gasteiger charge is -2.48. The molecule has 1 saturated heterocycles. The van der Waals surface area contributed by atoms with Crippen LogP contribution < -0.4 is 4.90 Å². The van der Waals surface area contributed by atoms with Crippen LogP contribution in [-0.2, 0) is 9.59 Å². The molecule has 3 atom stereocenters. The minimum Gasteiger partial charge on any atom is -0.303 e. The van der Waals surface area contributed by atoms with E-state index in [1.807, 2.05) is 43.3 Å². The highest BCUT2D eigenvalue weighted by atomic mass is 35.5. The predicted molar refractivity (Wildman–Crippen MR) is 126 cm³/mol. The summed E-state index contributed by atoms with van der Waals surface area (Å²) in [6.07, 6.45) is 2.86. The Kier molecular flexibility index (Phi) is 6.52. The van der Waals surface area contributed by atoms with E-state index in [0.717, 1.165) is 17.4 Å². The van der Waals surface area contributed by atoms with Crippen LogP contribution >= 0.6 is 34.8 Å². The Morgan fingerprint density at radius 3 is 2.47 bits per heavy atom. The minimum atomic E-state index is -0.922. The van der Waals surface area contributed by atoms with Crippen LogP contribution in [0.15, 0.2) is 60.8 Å². The summed E-state index contributed by atoms with van der Waals surface area (Å²) in [4.78, 5) is 35.3. The quantitative estimate of drug-likeness (QED) is 0.312. The molecule has 32 heavy (non-hydrogen) atoms. The van der Waals surface area contributed by atoms with Crippen LogP contribution in [0.2, 0.25) is 15.3 Å². The molecule has 0 bridgehead atoms. The number of aromatic nitrogens is 2. The zero-order valence-electron chi connectivity index (χ0n) is 17.2. The maximum absolute atomic E-state index is 13.9. The molecule has 1 aliphatic rings. The topological polar surface area (TPSA) is 63.2 Å². The number of carbonyl (C=O) groups excluding carboxylic acids is 2. The number of nitrogens with zero attached hydrogens (tertiary/aromatic N) is 3. The normalized spacial score (nSPS) is 23.2. The van der Waals surface area contributed by atoms with E-state index in [0.29, 0.717) is 22.3 Å². The predicted octanol–water partition coefficient (Wildman–Crippen LogP) is 6.29. The number of rotatable bonds is 5. The van der Waals surface area contributed by atoms with Gasteiger partial charge in [-0.2, -0.15) is 0 Å². The summed E-state index contributed by atoms with van der Waals surface area (Å²) in [6.45, 7) is 1.81. The SMILES string of the molecule is C[C@]1(CC=O)C[C@H](c2cccc(Cl)c2)[C@@H](c2ccc(Cl)cc2)N(c2ccnc(Cl)n2)C1=O. The van der Waals surface area contributed by atoms with E-state index < -0.39 is 11.5 Å². The van der Waals surface area contributed by atoms with E-state index in [1.54, 1.807) is 23.1 Å². The average Bonchev–Trinajstić information content (AvgIpc) is 2.76. The molecule has 0 saturated carbocycles. The molecule has 1 aliphatic heterocycles. The van der Waals surface area contributed by atoms with E-state index in [4.69, 9.17) is 34.8 Å². The smallest absolute Gasteiger partial charge is 0.235 e. The molecule has 0 spiro atoms. The zero-order valence-corrected chi connectivity index (χ0v) is 19.5. The Balaban J connectivity index is 1.95. The summed E-state index contributed by atoms with van der Waals surface area (Å²) in [7, 11) is 0. The van der Waals surface area contributed by atoms with Crippen molar-refractivity contribution >= 4 is 52.8 Å². The average molecular weight is 489 g/mol. The summed E-state index contributed by atoms with van der Waals surface area (Å²) < 4.78 is 0. The molecule has 2 heterocycles. The maximum Gasteiger partial charge on any atom is 0.235 e. The first-order chi connectivity index (χ1) is 15.3. The molecule has 0 unspecified atom stereocenters. The molecule has 4 rings (SSSR count). The highest BCUT2D eigenvalue weighted by molar-refractivity contribution is 6.31. The van der Waals surface area contributed by atoms with Gasteiger partial charge in [0.25, 0.3) is 0 Å². The number of carbonyl (C=O) groups is 2. The Morgan fingerprint density at radius 1 is 1.06 bits per heavy atom. The molecule has 0 aliphatic carbocycles. The Labute approximate surface area is 201 Å². The molecule has 1 aromatic heterocycles. The molecular formula is C24H20Cl3N3O2. The molecule has 5 nitrogen and oxygen atoms in total. The summed E-state index contributed by atoms with van der Waals surface area (Å²) in [5, 5.41) is 1.23. The fourth-order valence-electron chi connectivity index (χ4n) is 4.42. The van der Waals surface area contributed by atoms with Crippen LogP contribution in [0.4, 0.5) is 5.82 Å². The fraction of sp³-hybridized carbons (Fsp3) is 0.250. The van der Waals surface area contributed by atoms with Crippen molar-refractivity contribution in [2.24, 2.45) is 5.41 Å². The largest absolute Gasteiger partial charge is 0.303 e. The summed E-state index contributed by atoms with van der Waals surface area (Å²) in [5.41, 5.74) is 0.928. The molecule has 1 amide bonds. The van der Waals surface area contributed by atoms with Crippen molar-refractivity contribution in [3.63, 3.8) is 0 Å². The number of benzene rings is 2. The maximum atomic E-state index is 13.9. The van der Waals surface area contributed by atoms with E-state index in [1.165, 1.54) is 6.20 Å². The van der Waals surface area contributed by atoms with Crippen molar-refractivity contribution in [3.8, 4) is 0 Å². The van der Waals surface area contributed by atoms with Gasteiger partial charge in [0.15, 0.2) is 0 Å². The molecule has 3 aromatic rings. The lowest BCUT2D eigenvalue weighted by molar-refractivity contribution is -0.133. The van der Waals surface area contributed by atoms with E-state index in [-0.39, 0.29) is 23.5 Å². The van der Waals surface area contributed by atoms with Crippen LogP contribution in [0.3, 0.4) is 0 Å². The lowest BCUT2D eigenvalue weighted by atomic mass is 9.67. The Morgan fingerprint density at radius 2 is 1.81 bits per heavy atom. The molecular weight excluding hydrogens is 469 g/mol. The van der Waals surface area contributed by atoms with Gasteiger partial charge >= 0.3 is 0 Å². The van der Waals surface area contributed by atoms with Crippen LogP contribution in [0.1, 0.15) is 42.9 Å². The number of piperidine rings is 1. The summed E-state index contributed by atoms with van der Waals surface area (Å²) in [6, 6.07) is 16.2. The second kappa shape index (κ2) is 9.18. The minimum absolute atomic E-state index is 0.0344. The van der Waals surface area contributed by atoms with Crippen molar-refractivity contribution in [3.05, 3.63) is 87.2 Å². The third-order valence-electron chi connectivity index (χ3n) is 5.95. The standard InChI is InChI=1S/C24H20Cl3N3O2/c1-24(10-12-31)14-19(16-3-2-4-18(26)13-16)21(15-5-7-17(25)8-6-15)30(22(24)32)20-9-11-28-23(27)29-20/h2-9,11-13,19,21H,10,14H2,1H3/t19-,21-,24+/m1/s1. The van der Waals surface area contributed by atoms with E-state index in [9.17, 15) is 9.59 Å². The van der Waals surface area contributed by atoms with Crippen LogP contribution in [-0.4, -0.2) is 22.2 Å². The molecule has 1 fully saturated rings. The van der Waals surface area contributed by atoms with E-state index >= 15 is 0 Å². The first-order valence-electron chi connectivity index (χ1n) is 10.1. The monoisotopic (exact) mass is 487 g/mol.